The summed E-state index contributed by atoms with van der Waals surface area (Å²) >= 11 is 0. The Morgan fingerprint density at radius 2 is 1.85 bits per heavy atom. The molecule has 0 fully saturated rings. The van der Waals surface area contributed by atoms with Crippen molar-refractivity contribution in [3.8, 4) is 11.1 Å². The number of alkyl halides is 3. The second-order valence-corrected chi connectivity index (χ2v) is 3.91. The van der Waals surface area contributed by atoms with E-state index in [1.165, 1.54) is 12.1 Å². The zero-order valence-electron chi connectivity index (χ0n) is 9.78. The minimum Gasteiger partial charge on any atom is -0.476 e. The largest absolute Gasteiger partial charge is 0.476 e. The number of carboxylic acids is 1. The third-order valence-electron chi connectivity index (χ3n) is 2.52. The maximum Gasteiger partial charge on any atom is 0.433 e. The molecule has 2 aromatic rings. The Morgan fingerprint density at radius 1 is 1.15 bits per heavy atom. The van der Waals surface area contributed by atoms with Crippen LogP contribution in [0.1, 0.15) is 16.2 Å². The van der Waals surface area contributed by atoms with Crippen LogP contribution in [0.15, 0.2) is 36.4 Å². The van der Waals surface area contributed by atoms with Gasteiger partial charge in [-0.2, -0.15) is 13.2 Å². The fourth-order valence-corrected chi connectivity index (χ4v) is 1.67. The zero-order chi connectivity index (χ0) is 14.9. The van der Waals surface area contributed by atoms with E-state index in [1.807, 2.05) is 0 Å². The molecule has 1 N–H and O–H groups in total. The fraction of sp³-hybridized carbons (Fsp3) is 0.0769. The Kier molecular flexibility index (Phi) is 3.44. The van der Waals surface area contributed by atoms with E-state index in [2.05, 4.69) is 4.98 Å². The van der Waals surface area contributed by atoms with Gasteiger partial charge in [-0.3, -0.25) is 0 Å². The lowest BCUT2D eigenvalue weighted by atomic mass is 10.0. The van der Waals surface area contributed by atoms with Crippen LogP contribution in [0.5, 0.6) is 0 Å². The summed E-state index contributed by atoms with van der Waals surface area (Å²) in [5.74, 6) is -2.24. The normalized spacial score (nSPS) is 11.4. The highest BCUT2D eigenvalue weighted by Gasteiger charge is 2.33. The number of benzene rings is 1. The maximum atomic E-state index is 13.1. The molecule has 0 radical (unpaired) electrons. The molecule has 0 saturated heterocycles. The standard InChI is InChI=1S/C13H7F4NO2/c14-8-3-1-2-7(6-8)9-4-5-10(13(15,16)17)18-11(9)12(19)20/h1-6H,(H,19,20). The summed E-state index contributed by atoms with van der Waals surface area (Å²) in [5.41, 5.74) is -2.02. The van der Waals surface area contributed by atoms with Crippen molar-refractivity contribution in [2.75, 3.05) is 0 Å². The van der Waals surface area contributed by atoms with Gasteiger partial charge < -0.3 is 5.11 Å². The van der Waals surface area contributed by atoms with Gasteiger partial charge in [-0.05, 0) is 29.8 Å². The van der Waals surface area contributed by atoms with E-state index in [0.717, 1.165) is 18.2 Å². The minimum absolute atomic E-state index is 0.0787. The van der Waals surface area contributed by atoms with Crippen molar-refractivity contribution in [1.29, 1.82) is 0 Å². The van der Waals surface area contributed by atoms with Gasteiger partial charge in [0.05, 0.1) is 0 Å². The Balaban J connectivity index is 2.62. The Labute approximate surface area is 110 Å². The van der Waals surface area contributed by atoms with Crippen LogP contribution in [-0.2, 0) is 6.18 Å². The highest BCUT2D eigenvalue weighted by molar-refractivity contribution is 5.93. The number of carbonyl (C=O) groups is 1. The lowest BCUT2D eigenvalue weighted by molar-refractivity contribution is -0.141. The molecule has 0 aliphatic rings. The molecular formula is C13H7F4NO2. The molecule has 0 amide bonds. The highest BCUT2D eigenvalue weighted by atomic mass is 19.4. The third kappa shape index (κ3) is 2.76. The maximum absolute atomic E-state index is 13.1. The van der Waals surface area contributed by atoms with E-state index in [1.54, 1.807) is 0 Å². The van der Waals surface area contributed by atoms with Gasteiger partial charge in [0.2, 0.25) is 0 Å². The van der Waals surface area contributed by atoms with E-state index in [0.29, 0.717) is 6.07 Å². The molecule has 3 nitrogen and oxygen atoms in total. The third-order valence-corrected chi connectivity index (χ3v) is 2.52. The first-order chi connectivity index (χ1) is 9.29. The Bertz CT molecular complexity index is 668. The molecule has 7 heteroatoms. The van der Waals surface area contributed by atoms with Crippen molar-refractivity contribution in [1.82, 2.24) is 4.98 Å². The highest BCUT2D eigenvalue weighted by Crippen LogP contribution is 2.31. The number of nitrogens with zero attached hydrogens (tertiary/aromatic N) is 1. The molecule has 0 spiro atoms. The van der Waals surface area contributed by atoms with Gasteiger partial charge in [0.15, 0.2) is 5.69 Å². The summed E-state index contributed by atoms with van der Waals surface area (Å²) in [6.45, 7) is 0. The van der Waals surface area contributed by atoms with E-state index >= 15 is 0 Å². The van der Waals surface area contributed by atoms with Gasteiger partial charge in [-0.25, -0.2) is 14.2 Å². The predicted molar refractivity (Wildman–Crippen MR) is 61.6 cm³/mol. The smallest absolute Gasteiger partial charge is 0.433 e. The molecule has 1 aromatic carbocycles. The SMILES string of the molecule is O=C(O)c1nc(C(F)(F)F)ccc1-c1cccc(F)c1. The van der Waals surface area contributed by atoms with Crippen molar-refractivity contribution in [3.05, 3.63) is 53.6 Å². The van der Waals surface area contributed by atoms with E-state index in [4.69, 9.17) is 5.11 Å². The first-order valence-electron chi connectivity index (χ1n) is 5.36. The van der Waals surface area contributed by atoms with Crippen LogP contribution in [0.4, 0.5) is 17.6 Å². The summed E-state index contributed by atoms with van der Waals surface area (Å²) in [6, 6.07) is 6.51. The quantitative estimate of drug-likeness (QED) is 0.858. The van der Waals surface area contributed by atoms with Crippen LogP contribution in [0.2, 0.25) is 0 Å². The molecular weight excluding hydrogens is 278 g/mol. The topological polar surface area (TPSA) is 50.2 Å². The number of rotatable bonds is 2. The average Bonchev–Trinajstić information content (AvgIpc) is 2.37. The Morgan fingerprint density at radius 3 is 2.40 bits per heavy atom. The lowest BCUT2D eigenvalue weighted by Crippen LogP contribution is -2.12. The molecule has 0 bridgehead atoms. The van der Waals surface area contributed by atoms with Crippen molar-refractivity contribution in [3.63, 3.8) is 0 Å². The van der Waals surface area contributed by atoms with E-state index < -0.39 is 29.4 Å². The summed E-state index contributed by atoms with van der Waals surface area (Å²) in [5, 5.41) is 8.96. The van der Waals surface area contributed by atoms with Gasteiger partial charge in [-0.15, -0.1) is 0 Å². The van der Waals surface area contributed by atoms with E-state index in [9.17, 15) is 22.4 Å². The number of pyridine rings is 1. The van der Waals surface area contributed by atoms with Gasteiger partial charge in [0.1, 0.15) is 11.5 Å². The van der Waals surface area contributed by atoms with Crippen molar-refractivity contribution in [2.45, 2.75) is 6.18 Å². The molecule has 0 saturated carbocycles. The molecule has 0 aliphatic heterocycles. The molecule has 0 unspecified atom stereocenters. The van der Waals surface area contributed by atoms with Crippen LogP contribution in [-0.4, -0.2) is 16.1 Å². The molecule has 0 atom stereocenters. The van der Waals surface area contributed by atoms with Gasteiger partial charge in [0.25, 0.3) is 0 Å². The van der Waals surface area contributed by atoms with Crippen molar-refractivity contribution in [2.24, 2.45) is 0 Å². The van der Waals surface area contributed by atoms with Crippen LogP contribution < -0.4 is 0 Å². The van der Waals surface area contributed by atoms with E-state index in [-0.39, 0.29) is 11.1 Å². The van der Waals surface area contributed by atoms with Gasteiger partial charge in [-0.1, -0.05) is 12.1 Å². The van der Waals surface area contributed by atoms with Crippen LogP contribution >= 0.6 is 0 Å². The number of hydrogen-bond acceptors (Lipinski definition) is 2. The number of aromatic nitrogens is 1. The zero-order valence-corrected chi connectivity index (χ0v) is 9.78. The summed E-state index contributed by atoms with van der Waals surface area (Å²) in [4.78, 5) is 14.1. The van der Waals surface area contributed by atoms with Crippen LogP contribution in [0, 0.1) is 5.82 Å². The number of hydrogen-bond donors (Lipinski definition) is 1. The second-order valence-electron chi connectivity index (χ2n) is 3.91. The second kappa shape index (κ2) is 4.92. The molecule has 20 heavy (non-hydrogen) atoms. The average molecular weight is 285 g/mol. The number of halogens is 4. The first-order valence-corrected chi connectivity index (χ1v) is 5.36. The van der Waals surface area contributed by atoms with Crippen molar-refractivity contribution >= 4 is 5.97 Å². The van der Waals surface area contributed by atoms with Gasteiger partial charge in [0, 0.05) is 5.56 Å². The predicted octanol–water partition coefficient (Wildman–Crippen LogP) is 3.60. The summed E-state index contributed by atoms with van der Waals surface area (Å²) in [7, 11) is 0. The van der Waals surface area contributed by atoms with Crippen LogP contribution in [0.25, 0.3) is 11.1 Å². The van der Waals surface area contributed by atoms with Crippen molar-refractivity contribution < 1.29 is 27.5 Å². The van der Waals surface area contributed by atoms with Crippen LogP contribution in [0.3, 0.4) is 0 Å². The molecule has 104 valence electrons. The number of aromatic carboxylic acids is 1. The Hall–Kier alpha value is -2.44. The lowest BCUT2D eigenvalue weighted by Gasteiger charge is -2.10. The molecule has 1 aromatic heterocycles. The molecule has 0 aliphatic carbocycles. The molecule has 2 rings (SSSR count). The first kappa shape index (κ1) is 14.0. The number of carboxylic acid groups (broad SMARTS) is 1. The minimum atomic E-state index is -4.75. The summed E-state index contributed by atoms with van der Waals surface area (Å²) < 4.78 is 50.6. The molecule has 1 heterocycles. The monoisotopic (exact) mass is 285 g/mol. The summed E-state index contributed by atoms with van der Waals surface area (Å²) in [6.07, 6.45) is -4.75. The van der Waals surface area contributed by atoms with Gasteiger partial charge >= 0.3 is 12.1 Å². The fourth-order valence-electron chi connectivity index (χ4n) is 1.67.